The van der Waals surface area contributed by atoms with Gasteiger partial charge in [0.05, 0.1) is 17.9 Å². The summed E-state index contributed by atoms with van der Waals surface area (Å²) in [4.78, 5) is 29.2. The van der Waals surface area contributed by atoms with Crippen LogP contribution in [-0.2, 0) is 16.1 Å². The summed E-state index contributed by atoms with van der Waals surface area (Å²) in [6.45, 7) is 3.98. The summed E-state index contributed by atoms with van der Waals surface area (Å²) < 4.78 is 5.44. The van der Waals surface area contributed by atoms with Gasteiger partial charge in [-0.15, -0.1) is 0 Å². The topological polar surface area (TPSA) is 65.8 Å². The van der Waals surface area contributed by atoms with Crippen molar-refractivity contribution in [3.8, 4) is 0 Å². The number of amides is 2. The Labute approximate surface area is 159 Å². The summed E-state index contributed by atoms with van der Waals surface area (Å²) in [6.07, 6.45) is 2.67. The van der Waals surface area contributed by atoms with E-state index in [1.807, 2.05) is 42.2 Å². The first-order chi connectivity index (χ1) is 13.1. The van der Waals surface area contributed by atoms with Crippen LogP contribution in [0.25, 0.3) is 0 Å². The second kappa shape index (κ2) is 7.47. The van der Waals surface area contributed by atoms with Crippen LogP contribution in [0.5, 0.6) is 0 Å². The van der Waals surface area contributed by atoms with Gasteiger partial charge in [0.15, 0.2) is 0 Å². The number of furan rings is 1. The lowest BCUT2D eigenvalue weighted by Crippen LogP contribution is -2.48. The van der Waals surface area contributed by atoms with Crippen molar-refractivity contribution < 1.29 is 14.0 Å². The molecule has 1 fully saturated rings. The number of hydrogen-bond donors (Lipinski definition) is 1. The third-order valence-electron chi connectivity index (χ3n) is 5.38. The minimum atomic E-state index is -0.134. The fraction of sp³-hybridized carbons (Fsp3) is 0.429. The van der Waals surface area contributed by atoms with Gasteiger partial charge >= 0.3 is 0 Å². The molecule has 6 nitrogen and oxygen atoms in total. The number of benzene rings is 1. The molecule has 0 unspecified atom stereocenters. The molecule has 1 aromatic carbocycles. The van der Waals surface area contributed by atoms with Gasteiger partial charge in [0.1, 0.15) is 11.5 Å². The first-order valence-electron chi connectivity index (χ1n) is 9.60. The van der Waals surface area contributed by atoms with Crippen LogP contribution in [0, 0.1) is 6.92 Å². The Balaban J connectivity index is 1.35. The van der Waals surface area contributed by atoms with E-state index in [1.54, 1.807) is 0 Å². The molecule has 27 heavy (non-hydrogen) atoms. The quantitative estimate of drug-likeness (QED) is 0.882. The zero-order valence-electron chi connectivity index (χ0n) is 15.6. The van der Waals surface area contributed by atoms with E-state index in [4.69, 9.17) is 4.42 Å². The van der Waals surface area contributed by atoms with E-state index in [2.05, 4.69) is 16.3 Å². The third-order valence-corrected chi connectivity index (χ3v) is 5.38. The van der Waals surface area contributed by atoms with Crippen LogP contribution >= 0.6 is 0 Å². The summed E-state index contributed by atoms with van der Waals surface area (Å²) in [6, 6.07) is 12.2. The van der Waals surface area contributed by atoms with Crippen molar-refractivity contribution in [3.63, 3.8) is 0 Å². The average molecular weight is 367 g/mol. The van der Waals surface area contributed by atoms with Crippen molar-refractivity contribution >= 4 is 23.2 Å². The van der Waals surface area contributed by atoms with Gasteiger partial charge in [-0.05, 0) is 44.0 Å². The minimum absolute atomic E-state index is 0.0120. The normalized spacial score (nSPS) is 18.2. The zero-order chi connectivity index (χ0) is 18.8. The Kier molecular flexibility index (Phi) is 4.88. The van der Waals surface area contributed by atoms with Gasteiger partial charge in [0, 0.05) is 32.0 Å². The molecule has 142 valence electrons. The lowest BCUT2D eigenvalue weighted by atomic mass is 10.1. The van der Waals surface area contributed by atoms with Crippen molar-refractivity contribution in [2.24, 2.45) is 0 Å². The molecule has 1 atom stereocenters. The fourth-order valence-electron chi connectivity index (χ4n) is 4.03. The van der Waals surface area contributed by atoms with E-state index >= 15 is 0 Å². The van der Waals surface area contributed by atoms with Crippen LogP contribution in [-0.4, -0.2) is 30.9 Å². The van der Waals surface area contributed by atoms with Crippen molar-refractivity contribution in [2.75, 3.05) is 22.9 Å². The first kappa shape index (κ1) is 17.6. The highest BCUT2D eigenvalue weighted by Crippen LogP contribution is 2.39. The Bertz CT molecular complexity index is 845. The number of carbonyl (C=O) groups is 2. The van der Waals surface area contributed by atoms with Crippen LogP contribution in [0.4, 0.5) is 11.4 Å². The van der Waals surface area contributed by atoms with Gasteiger partial charge in [-0.2, -0.15) is 0 Å². The molecule has 0 aliphatic carbocycles. The van der Waals surface area contributed by atoms with E-state index in [9.17, 15) is 9.59 Å². The summed E-state index contributed by atoms with van der Waals surface area (Å²) >= 11 is 0. The van der Waals surface area contributed by atoms with E-state index in [0.717, 1.165) is 42.3 Å². The molecule has 2 aliphatic rings. The summed E-state index contributed by atoms with van der Waals surface area (Å²) in [5, 5.41) is 2.82. The van der Waals surface area contributed by atoms with Crippen molar-refractivity contribution in [1.82, 2.24) is 5.32 Å². The molecule has 6 heteroatoms. The molecule has 4 rings (SSSR count). The van der Waals surface area contributed by atoms with E-state index < -0.39 is 0 Å². The summed E-state index contributed by atoms with van der Waals surface area (Å²) in [5.41, 5.74) is 2.10. The summed E-state index contributed by atoms with van der Waals surface area (Å²) in [7, 11) is 0. The van der Waals surface area contributed by atoms with Crippen molar-refractivity contribution in [2.45, 2.75) is 45.2 Å². The van der Waals surface area contributed by atoms with E-state index in [0.29, 0.717) is 19.1 Å². The first-order valence-corrected chi connectivity index (χ1v) is 9.60. The monoisotopic (exact) mass is 367 g/mol. The molecule has 0 saturated carbocycles. The summed E-state index contributed by atoms with van der Waals surface area (Å²) in [5.74, 6) is 1.42. The largest absolute Gasteiger partial charge is 0.465 e. The van der Waals surface area contributed by atoms with E-state index in [1.165, 1.54) is 0 Å². The van der Waals surface area contributed by atoms with Gasteiger partial charge in [-0.25, -0.2) is 0 Å². The standard InChI is InChI=1S/C21H25N3O3/c1-15-8-9-17(27-15)13-22-20(25)10-11-21(26)24-14-16-5-4-12-23(16)18-6-2-3-7-19(18)24/h2-3,6-9,16H,4-5,10-14H2,1H3,(H,22,25)/t16-/m1/s1. The highest BCUT2D eigenvalue weighted by molar-refractivity contribution is 5.99. The molecule has 1 saturated heterocycles. The molecule has 1 N–H and O–H groups in total. The van der Waals surface area contributed by atoms with Crippen LogP contribution < -0.4 is 15.1 Å². The zero-order valence-corrected chi connectivity index (χ0v) is 15.6. The molecule has 0 radical (unpaired) electrons. The highest BCUT2D eigenvalue weighted by Gasteiger charge is 2.35. The van der Waals surface area contributed by atoms with Gasteiger partial charge in [-0.1, -0.05) is 12.1 Å². The molecule has 2 aromatic rings. The third kappa shape index (κ3) is 3.70. The van der Waals surface area contributed by atoms with Gasteiger partial charge in [0.2, 0.25) is 11.8 Å². The maximum atomic E-state index is 12.8. The van der Waals surface area contributed by atoms with Crippen LogP contribution in [0.1, 0.15) is 37.2 Å². The number of anilines is 2. The van der Waals surface area contributed by atoms with Crippen LogP contribution in [0.2, 0.25) is 0 Å². The smallest absolute Gasteiger partial charge is 0.227 e. The number of nitrogens with zero attached hydrogens (tertiary/aromatic N) is 2. The highest BCUT2D eigenvalue weighted by atomic mass is 16.3. The lowest BCUT2D eigenvalue weighted by molar-refractivity contribution is -0.125. The van der Waals surface area contributed by atoms with Gasteiger partial charge in [-0.3, -0.25) is 9.59 Å². The molecule has 2 aliphatic heterocycles. The molecule has 0 bridgehead atoms. The number of aryl methyl sites for hydroxylation is 1. The SMILES string of the molecule is Cc1ccc(CNC(=O)CCC(=O)N2C[C@H]3CCCN3c3ccccc32)o1. The number of fused-ring (bicyclic) bond motifs is 3. The Morgan fingerprint density at radius 2 is 1.96 bits per heavy atom. The van der Waals surface area contributed by atoms with Gasteiger partial charge < -0.3 is 19.5 Å². The molecule has 1 aromatic heterocycles. The number of carbonyl (C=O) groups excluding carboxylic acids is 2. The maximum Gasteiger partial charge on any atom is 0.227 e. The second-order valence-corrected chi connectivity index (χ2v) is 7.27. The predicted molar refractivity (Wildman–Crippen MR) is 104 cm³/mol. The Morgan fingerprint density at radius 1 is 1.15 bits per heavy atom. The lowest BCUT2D eigenvalue weighted by Gasteiger charge is -2.40. The number of hydrogen-bond acceptors (Lipinski definition) is 4. The number of rotatable bonds is 5. The van der Waals surface area contributed by atoms with E-state index in [-0.39, 0.29) is 24.7 Å². The minimum Gasteiger partial charge on any atom is -0.465 e. The van der Waals surface area contributed by atoms with Crippen molar-refractivity contribution in [1.29, 1.82) is 0 Å². The fourth-order valence-corrected chi connectivity index (χ4v) is 4.03. The Morgan fingerprint density at radius 3 is 2.74 bits per heavy atom. The molecular formula is C21H25N3O3. The molecular weight excluding hydrogens is 342 g/mol. The Hall–Kier alpha value is -2.76. The number of para-hydroxylation sites is 2. The number of nitrogens with one attached hydrogen (secondary N) is 1. The average Bonchev–Trinajstić information content (AvgIpc) is 3.32. The van der Waals surface area contributed by atoms with Crippen LogP contribution in [0.15, 0.2) is 40.8 Å². The molecule has 3 heterocycles. The van der Waals surface area contributed by atoms with Gasteiger partial charge in [0.25, 0.3) is 0 Å². The predicted octanol–water partition coefficient (Wildman–Crippen LogP) is 3.00. The van der Waals surface area contributed by atoms with Crippen LogP contribution in [0.3, 0.4) is 0 Å². The second-order valence-electron chi connectivity index (χ2n) is 7.27. The molecule has 0 spiro atoms. The maximum absolute atomic E-state index is 12.8. The van der Waals surface area contributed by atoms with Crippen molar-refractivity contribution in [3.05, 3.63) is 47.9 Å². The molecule has 2 amide bonds.